The number of fused-ring (bicyclic) bond motifs is 1. The fourth-order valence-electron chi connectivity index (χ4n) is 3.64. The van der Waals surface area contributed by atoms with Gasteiger partial charge in [-0.1, -0.05) is 12.1 Å². The van der Waals surface area contributed by atoms with Crippen molar-refractivity contribution in [2.75, 3.05) is 34.4 Å². The molecule has 0 fully saturated rings. The van der Waals surface area contributed by atoms with Crippen molar-refractivity contribution >= 4 is 5.97 Å². The average molecular weight is 371 g/mol. The van der Waals surface area contributed by atoms with E-state index in [2.05, 4.69) is 4.90 Å². The van der Waals surface area contributed by atoms with Gasteiger partial charge in [0.15, 0.2) is 11.5 Å². The van der Waals surface area contributed by atoms with Gasteiger partial charge in [0.1, 0.15) is 0 Å². The van der Waals surface area contributed by atoms with E-state index in [0.29, 0.717) is 23.6 Å². The van der Waals surface area contributed by atoms with E-state index in [4.69, 9.17) is 14.2 Å². The number of carbonyl (C=O) groups is 1. The number of hydrogen-bond donors (Lipinski definition) is 1. The molecule has 0 atom stereocenters. The van der Waals surface area contributed by atoms with E-state index >= 15 is 0 Å². The summed E-state index contributed by atoms with van der Waals surface area (Å²) < 4.78 is 16.6. The third kappa shape index (κ3) is 4.01. The van der Waals surface area contributed by atoms with Gasteiger partial charge in [0.25, 0.3) is 0 Å². The van der Waals surface area contributed by atoms with Crippen molar-refractivity contribution in [1.82, 2.24) is 4.90 Å². The highest BCUT2D eigenvalue weighted by molar-refractivity contribution is 5.87. The minimum atomic E-state index is -0.899. The average Bonchev–Trinajstić information content (AvgIpc) is 2.88. The molecule has 6 nitrogen and oxygen atoms in total. The van der Waals surface area contributed by atoms with E-state index in [1.807, 2.05) is 12.1 Å². The number of ether oxygens (including phenoxy) is 3. The largest absolute Gasteiger partial charge is 0.493 e. The van der Waals surface area contributed by atoms with Gasteiger partial charge >= 0.3 is 5.97 Å². The van der Waals surface area contributed by atoms with Crippen molar-refractivity contribution < 1.29 is 24.1 Å². The Labute approximate surface area is 159 Å². The zero-order valence-electron chi connectivity index (χ0n) is 15.9. The molecule has 1 heterocycles. The quantitative estimate of drug-likeness (QED) is 0.842. The van der Waals surface area contributed by atoms with E-state index in [1.54, 1.807) is 39.5 Å². The Morgan fingerprint density at radius 2 is 1.78 bits per heavy atom. The van der Waals surface area contributed by atoms with Gasteiger partial charge in [0.2, 0.25) is 5.75 Å². The summed E-state index contributed by atoms with van der Waals surface area (Å²) in [5.41, 5.74) is 3.67. The molecule has 2 aromatic carbocycles. The summed E-state index contributed by atoms with van der Waals surface area (Å²) in [5.74, 6) is 1.14. The van der Waals surface area contributed by atoms with Crippen molar-refractivity contribution in [2.45, 2.75) is 19.4 Å². The van der Waals surface area contributed by atoms with E-state index in [1.165, 1.54) is 5.56 Å². The molecule has 0 bridgehead atoms. The van der Waals surface area contributed by atoms with Crippen LogP contribution in [0.5, 0.6) is 17.2 Å². The SMILES string of the molecule is COc1cc2c(c(OC)c1OC)CCN(Cc1cccc(C(=O)O)c1)CC2. The molecule has 0 spiro atoms. The van der Waals surface area contributed by atoms with Gasteiger partial charge in [-0.2, -0.15) is 0 Å². The summed E-state index contributed by atoms with van der Waals surface area (Å²) in [5, 5.41) is 9.18. The molecule has 1 aliphatic heterocycles. The molecule has 0 saturated carbocycles. The molecule has 0 aromatic heterocycles. The summed E-state index contributed by atoms with van der Waals surface area (Å²) in [7, 11) is 4.89. The molecule has 0 radical (unpaired) electrons. The molecule has 3 rings (SSSR count). The van der Waals surface area contributed by atoms with Gasteiger partial charge in [-0.3, -0.25) is 4.90 Å². The number of carboxylic acids is 1. The van der Waals surface area contributed by atoms with Crippen LogP contribution in [-0.2, 0) is 19.4 Å². The maximum absolute atomic E-state index is 11.2. The standard InChI is InChI=1S/C21H25NO5/c1-25-18-12-15-7-9-22(10-8-17(15)19(26-2)20(18)27-3)13-14-5-4-6-16(11-14)21(23)24/h4-6,11-12H,7-10,13H2,1-3H3,(H,23,24). The topological polar surface area (TPSA) is 68.2 Å². The number of rotatable bonds is 6. The van der Waals surface area contributed by atoms with E-state index in [-0.39, 0.29) is 0 Å². The predicted molar refractivity (Wildman–Crippen MR) is 102 cm³/mol. The summed E-state index contributed by atoms with van der Waals surface area (Å²) in [6.45, 7) is 2.45. The van der Waals surface area contributed by atoms with Crippen LogP contribution in [0, 0.1) is 0 Å². The number of carboxylic acid groups (broad SMARTS) is 1. The lowest BCUT2D eigenvalue weighted by molar-refractivity contribution is 0.0696. The third-order valence-corrected chi connectivity index (χ3v) is 4.98. The smallest absolute Gasteiger partial charge is 0.335 e. The van der Waals surface area contributed by atoms with Gasteiger partial charge in [0, 0.05) is 25.2 Å². The number of benzene rings is 2. The van der Waals surface area contributed by atoms with Crippen molar-refractivity contribution in [3.05, 3.63) is 52.6 Å². The molecule has 0 aliphatic carbocycles. The number of hydrogen-bond acceptors (Lipinski definition) is 5. The molecule has 2 aromatic rings. The van der Waals surface area contributed by atoms with Crippen molar-refractivity contribution in [2.24, 2.45) is 0 Å². The summed E-state index contributed by atoms with van der Waals surface area (Å²) in [6, 6.07) is 9.16. The van der Waals surface area contributed by atoms with Crippen LogP contribution in [0.2, 0.25) is 0 Å². The monoisotopic (exact) mass is 371 g/mol. The van der Waals surface area contributed by atoms with Gasteiger partial charge < -0.3 is 19.3 Å². The van der Waals surface area contributed by atoms with Crippen LogP contribution in [0.1, 0.15) is 27.0 Å². The van der Waals surface area contributed by atoms with E-state index in [9.17, 15) is 9.90 Å². The molecule has 27 heavy (non-hydrogen) atoms. The number of methoxy groups -OCH3 is 3. The summed E-state index contributed by atoms with van der Waals surface area (Å²) in [4.78, 5) is 13.5. The van der Waals surface area contributed by atoms with Crippen LogP contribution >= 0.6 is 0 Å². The highest BCUT2D eigenvalue weighted by atomic mass is 16.5. The van der Waals surface area contributed by atoms with Crippen molar-refractivity contribution in [3.8, 4) is 17.2 Å². The van der Waals surface area contributed by atoms with Crippen LogP contribution in [0.15, 0.2) is 30.3 Å². The Morgan fingerprint density at radius 3 is 2.44 bits per heavy atom. The second kappa shape index (κ2) is 8.31. The van der Waals surface area contributed by atoms with Crippen LogP contribution in [0.4, 0.5) is 0 Å². The zero-order chi connectivity index (χ0) is 19.4. The number of aromatic carboxylic acids is 1. The predicted octanol–water partition coefficient (Wildman–Crippen LogP) is 3.01. The zero-order valence-corrected chi connectivity index (χ0v) is 15.9. The first kappa shape index (κ1) is 19.0. The van der Waals surface area contributed by atoms with E-state index < -0.39 is 5.97 Å². The van der Waals surface area contributed by atoms with Gasteiger partial charge in [0.05, 0.1) is 26.9 Å². The van der Waals surface area contributed by atoms with Gasteiger partial charge in [-0.15, -0.1) is 0 Å². The van der Waals surface area contributed by atoms with Crippen LogP contribution < -0.4 is 14.2 Å². The first-order valence-electron chi connectivity index (χ1n) is 8.92. The molecule has 0 unspecified atom stereocenters. The minimum absolute atomic E-state index is 0.321. The first-order chi connectivity index (χ1) is 13.1. The lowest BCUT2D eigenvalue weighted by Crippen LogP contribution is -2.26. The molecule has 0 saturated heterocycles. The van der Waals surface area contributed by atoms with Crippen LogP contribution in [0.3, 0.4) is 0 Å². The second-order valence-corrected chi connectivity index (χ2v) is 6.56. The highest BCUT2D eigenvalue weighted by Gasteiger charge is 2.23. The Hall–Kier alpha value is -2.73. The Balaban J connectivity index is 1.82. The maximum atomic E-state index is 11.2. The molecule has 144 valence electrons. The molecule has 1 N–H and O–H groups in total. The molecular weight excluding hydrogens is 346 g/mol. The number of nitrogens with zero attached hydrogens (tertiary/aromatic N) is 1. The summed E-state index contributed by atoms with van der Waals surface area (Å²) >= 11 is 0. The lowest BCUT2D eigenvalue weighted by atomic mass is 10.0. The normalized spacial score (nSPS) is 14.2. The van der Waals surface area contributed by atoms with Crippen LogP contribution in [0.25, 0.3) is 0 Å². The van der Waals surface area contributed by atoms with Crippen LogP contribution in [-0.4, -0.2) is 50.4 Å². The van der Waals surface area contributed by atoms with E-state index in [0.717, 1.165) is 42.8 Å². The van der Waals surface area contributed by atoms with Crippen molar-refractivity contribution in [3.63, 3.8) is 0 Å². The second-order valence-electron chi connectivity index (χ2n) is 6.56. The maximum Gasteiger partial charge on any atom is 0.335 e. The van der Waals surface area contributed by atoms with Crippen molar-refractivity contribution in [1.29, 1.82) is 0 Å². The third-order valence-electron chi connectivity index (χ3n) is 4.98. The first-order valence-corrected chi connectivity index (χ1v) is 8.92. The Bertz CT molecular complexity index is 834. The Kier molecular flexibility index (Phi) is 5.86. The minimum Gasteiger partial charge on any atom is -0.493 e. The highest BCUT2D eigenvalue weighted by Crippen LogP contribution is 2.43. The Morgan fingerprint density at radius 1 is 1.04 bits per heavy atom. The summed E-state index contributed by atoms with van der Waals surface area (Å²) in [6.07, 6.45) is 1.70. The van der Waals surface area contributed by atoms with Gasteiger partial charge in [-0.05, 0) is 42.2 Å². The van der Waals surface area contributed by atoms with Gasteiger partial charge in [-0.25, -0.2) is 4.79 Å². The molecule has 0 amide bonds. The fourth-order valence-corrected chi connectivity index (χ4v) is 3.64. The molecule has 6 heteroatoms. The molecular formula is C21H25NO5. The fraction of sp³-hybridized carbons (Fsp3) is 0.381. The lowest BCUT2D eigenvalue weighted by Gasteiger charge is -2.20. The molecule has 1 aliphatic rings.